The van der Waals surface area contributed by atoms with E-state index >= 15 is 0 Å². The van der Waals surface area contributed by atoms with Crippen molar-refractivity contribution in [2.45, 2.75) is 13.0 Å². The minimum atomic E-state index is -0.277. The molecule has 3 nitrogen and oxygen atoms in total. The van der Waals surface area contributed by atoms with Crippen LogP contribution in [0.25, 0.3) is 10.1 Å². The molecule has 2 N–H and O–H groups in total. The Morgan fingerprint density at radius 1 is 1.04 bits per heavy atom. The number of halogens is 1. The molecular weight excluding hydrogens is 311 g/mol. The maximum Gasteiger partial charge on any atom is 0.315 e. The molecule has 2 amide bonds. The number of urea groups is 1. The first kappa shape index (κ1) is 15.5. The van der Waals surface area contributed by atoms with Crippen molar-refractivity contribution in [2.24, 2.45) is 0 Å². The van der Waals surface area contributed by atoms with Crippen LogP contribution in [0.15, 0.2) is 53.9 Å². The van der Waals surface area contributed by atoms with Gasteiger partial charge in [0.15, 0.2) is 0 Å². The van der Waals surface area contributed by atoms with Crippen LogP contribution in [-0.2, 0) is 13.0 Å². The molecule has 0 atom stereocenters. The van der Waals surface area contributed by atoms with Crippen molar-refractivity contribution in [3.05, 3.63) is 70.9 Å². The summed E-state index contributed by atoms with van der Waals surface area (Å²) in [7, 11) is 0. The molecular formula is C18H17FN2OS. The van der Waals surface area contributed by atoms with Gasteiger partial charge < -0.3 is 10.6 Å². The minimum Gasteiger partial charge on any atom is -0.338 e. The summed E-state index contributed by atoms with van der Waals surface area (Å²) in [6.45, 7) is 0.962. The van der Waals surface area contributed by atoms with Crippen molar-refractivity contribution in [3.8, 4) is 0 Å². The number of carbonyl (C=O) groups is 1. The van der Waals surface area contributed by atoms with Crippen molar-refractivity contribution in [1.82, 2.24) is 10.6 Å². The molecule has 0 bridgehead atoms. The van der Waals surface area contributed by atoms with Crippen LogP contribution in [0.2, 0.25) is 0 Å². The predicted octanol–water partition coefficient (Wildman–Crippen LogP) is 4.08. The molecule has 0 aliphatic heterocycles. The largest absolute Gasteiger partial charge is 0.338 e. The molecule has 3 rings (SSSR count). The van der Waals surface area contributed by atoms with Crippen molar-refractivity contribution in [3.63, 3.8) is 0 Å². The van der Waals surface area contributed by atoms with E-state index in [-0.39, 0.29) is 11.8 Å². The van der Waals surface area contributed by atoms with E-state index in [0.29, 0.717) is 13.1 Å². The standard InChI is InChI=1S/C18H17FN2OS/c19-15-7-5-13(6-8-15)11-21-18(22)20-10-9-14-12-23-17-4-2-1-3-16(14)17/h1-8,12H,9-11H2,(H2,20,21,22). The van der Waals surface area contributed by atoms with Crippen LogP contribution in [0, 0.1) is 5.82 Å². The van der Waals surface area contributed by atoms with Crippen molar-refractivity contribution in [1.29, 1.82) is 0 Å². The SMILES string of the molecule is O=C(NCCc1csc2ccccc12)NCc1ccc(F)cc1. The summed E-state index contributed by atoms with van der Waals surface area (Å²) in [6.07, 6.45) is 0.800. The molecule has 23 heavy (non-hydrogen) atoms. The zero-order valence-corrected chi connectivity index (χ0v) is 13.3. The van der Waals surface area contributed by atoms with Crippen LogP contribution in [0.5, 0.6) is 0 Å². The first-order valence-electron chi connectivity index (χ1n) is 7.43. The highest BCUT2D eigenvalue weighted by atomic mass is 32.1. The van der Waals surface area contributed by atoms with Gasteiger partial charge in [-0.1, -0.05) is 30.3 Å². The summed E-state index contributed by atoms with van der Waals surface area (Å²) in [4.78, 5) is 11.8. The zero-order chi connectivity index (χ0) is 16.1. The molecule has 1 heterocycles. The Bertz CT molecular complexity index is 798. The fourth-order valence-electron chi connectivity index (χ4n) is 2.38. The minimum absolute atomic E-state index is 0.214. The fourth-order valence-corrected chi connectivity index (χ4v) is 3.38. The van der Waals surface area contributed by atoms with Crippen molar-refractivity contribution in [2.75, 3.05) is 6.54 Å². The van der Waals surface area contributed by atoms with Crippen LogP contribution in [0.4, 0.5) is 9.18 Å². The molecule has 1 aromatic heterocycles. The highest BCUT2D eigenvalue weighted by molar-refractivity contribution is 7.17. The van der Waals surface area contributed by atoms with Crippen LogP contribution < -0.4 is 10.6 Å². The molecule has 3 aromatic rings. The van der Waals surface area contributed by atoms with Gasteiger partial charge in [-0.25, -0.2) is 9.18 Å². The van der Waals surface area contributed by atoms with E-state index < -0.39 is 0 Å². The third-order valence-corrected chi connectivity index (χ3v) is 4.62. The van der Waals surface area contributed by atoms with Gasteiger partial charge in [-0.3, -0.25) is 0 Å². The Hall–Kier alpha value is -2.40. The second-order valence-corrected chi connectivity index (χ2v) is 6.15. The Kier molecular flexibility index (Phi) is 4.88. The van der Waals surface area contributed by atoms with Gasteiger partial charge in [0.05, 0.1) is 0 Å². The molecule has 0 saturated carbocycles. The number of hydrogen-bond acceptors (Lipinski definition) is 2. The molecule has 0 fully saturated rings. The van der Waals surface area contributed by atoms with E-state index in [1.807, 2.05) is 12.1 Å². The third-order valence-electron chi connectivity index (χ3n) is 3.61. The molecule has 5 heteroatoms. The van der Waals surface area contributed by atoms with Crippen LogP contribution in [0.3, 0.4) is 0 Å². The highest BCUT2D eigenvalue weighted by Gasteiger charge is 2.04. The maximum atomic E-state index is 12.8. The van der Waals surface area contributed by atoms with E-state index in [1.54, 1.807) is 23.5 Å². The second-order valence-electron chi connectivity index (χ2n) is 5.24. The molecule has 0 aliphatic rings. The number of hydrogen-bond donors (Lipinski definition) is 2. The first-order valence-corrected chi connectivity index (χ1v) is 8.31. The average molecular weight is 328 g/mol. The number of benzene rings is 2. The Balaban J connectivity index is 1.45. The number of rotatable bonds is 5. The van der Waals surface area contributed by atoms with Crippen LogP contribution >= 0.6 is 11.3 Å². The Labute approximate surface area is 138 Å². The number of amides is 2. The lowest BCUT2D eigenvalue weighted by Crippen LogP contribution is -2.36. The third kappa shape index (κ3) is 4.07. The van der Waals surface area contributed by atoms with Gasteiger partial charge in [-0.2, -0.15) is 0 Å². The van der Waals surface area contributed by atoms with Gasteiger partial charge in [0, 0.05) is 17.8 Å². The monoisotopic (exact) mass is 328 g/mol. The van der Waals surface area contributed by atoms with Gasteiger partial charge in [0.2, 0.25) is 0 Å². The lowest BCUT2D eigenvalue weighted by molar-refractivity contribution is 0.240. The van der Waals surface area contributed by atoms with E-state index in [2.05, 4.69) is 28.1 Å². The summed E-state index contributed by atoms with van der Waals surface area (Å²) in [5, 5.41) is 9.01. The second kappa shape index (κ2) is 7.24. The molecule has 0 unspecified atom stereocenters. The zero-order valence-electron chi connectivity index (χ0n) is 12.5. The lowest BCUT2D eigenvalue weighted by atomic mass is 10.1. The lowest BCUT2D eigenvalue weighted by Gasteiger charge is -2.07. The normalized spacial score (nSPS) is 10.7. The summed E-state index contributed by atoms with van der Waals surface area (Å²) < 4.78 is 14.1. The number of carbonyl (C=O) groups excluding carboxylic acids is 1. The van der Waals surface area contributed by atoms with Gasteiger partial charge >= 0.3 is 6.03 Å². The Morgan fingerprint density at radius 2 is 1.83 bits per heavy atom. The topological polar surface area (TPSA) is 41.1 Å². The predicted molar refractivity (Wildman–Crippen MR) is 92.2 cm³/mol. The molecule has 118 valence electrons. The number of thiophene rings is 1. The van der Waals surface area contributed by atoms with E-state index in [0.717, 1.165) is 12.0 Å². The average Bonchev–Trinajstić information content (AvgIpc) is 2.98. The fraction of sp³-hybridized carbons (Fsp3) is 0.167. The Morgan fingerprint density at radius 3 is 2.65 bits per heavy atom. The summed E-state index contributed by atoms with van der Waals surface area (Å²) in [5.41, 5.74) is 2.12. The first-order chi connectivity index (χ1) is 11.2. The van der Waals surface area contributed by atoms with Gasteiger partial charge in [-0.05, 0) is 46.5 Å². The molecule has 0 aliphatic carbocycles. The summed E-state index contributed by atoms with van der Waals surface area (Å²) >= 11 is 1.72. The van der Waals surface area contributed by atoms with Crippen molar-refractivity contribution >= 4 is 27.5 Å². The smallest absolute Gasteiger partial charge is 0.315 e. The maximum absolute atomic E-state index is 12.8. The summed E-state index contributed by atoms with van der Waals surface area (Å²) in [5.74, 6) is -0.277. The molecule has 0 saturated heterocycles. The van der Waals surface area contributed by atoms with E-state index in [4.69, 9.17) is 0 Å². The van der Waals surface area contributed by atoms with Gasteiger partial charge in [0.25, 0.3) is 0 Å². The quantitative estimate of drug-likeness (QED) is 0.728. The van der Waals surface area contributed by atoms with E-state index in [1.165, 1.54) is 27.8 Å². The highest BCUT2D eigenvalue weighted by Crippen LogP contribution is 2.25. The van der Waals surface area contributed by atoms with Gasteiger partial charge in [0.1, 0.15) is 5.82 Å². The van der Waals surface area contributed by atoms with Crippen LogP contribution in [0.1, 0.15) is 11.1 Å². The summed E-state index contributed by atoms with van der Waals surface area (Å²) in [6, 6.07) is 14.1. The number of nitrogens with one attached hydrogen (secondary N) is 2. The van der Waals surface area contributed by atoms with Gasteiger partial charge in [-0.15, -0.1) is 11.3 Å². The van der Waals surface area contributed by atoms with Crippen LogP contribution in [-0.4, -0.2) is 12.6 Å². The molecule has 0 radical (unpaired) electrons. The van der Waals surface area contributed by atoms with E-state index in [9.17, 15) is 9.18 Å². The molecule has 0 spiro atoms. The molecule has 2 aromatic carbocycles. The number of fused-ring (bicyclic) bond motifs is 1. The van der Waals surface area contributed by atoms with Crippen molar-refractivity contribution < 1.29 is 9.18 Å².